The van der Waals surface area contributed by atoms with E-state index in [1.165, 1.54) is 40.0 Å². The van der Waals surface area contributed by atoms with Crippen molar-refractivity contribution in [1.29, 1.82) is 0 Å². The first-order chi connectivity index (χ1) is 10.8. The largest absolute Gasteiger partial charge is 0.207 e. The molecular formula is C21H15F. The lowest BCUT2D eigenvalue weighted by molar-refractivity contribution is 0.627. The number of benzene rings is 3. The molecule has 3 aromatic carbocycles. The second-order valence-electron chi connectivity index (χ2n) is 5.56. The first-order valence-electron chi connectivity index (χ1n) is 7.46. The fourth-order valence-electron chi connectivity index (χ4n) is 3.19. The maximum Gasteiger partial charge on any atom is 0.123 e. The van der Waals surface area contributed by atoms with Crippen molar-refractivity contribution in [3.63, 3.8) is 0 Å². The second-order valence-corrected chi connectivity index (χ2v) is 5.56. The van der Waals surface area contributed by atoms with Crippen LogP contribution < -0.4 is 0 Å². The molecule has 106 valence electrons. The number of rotatable bonds is 2. The number of allylic oxidation sites excluding steroid dienone is 1. The summed E-state index contributed by atoms with van der Waals surface area (Å²) in [5, 5.41) is 0. The molecule has 1 aliphatic rings. The predicted octanol–water partition coefficient (Wildman–Crippen LogP) is 5.34. The lowest BCUT2D eigenvalue weighted by atomic mass is 9.94. The van der Waals surface area contributed by atoms with Gasteiger partial charge in [-0.25, -0.2) is 4.39 Å². The summed E-state index contributed by atoms with van der Waals surface area (Å²) in [6.45, 7) is 0. The van der Waals surface area contributed by atoms with Crippen molar-refractivity contribution < 1.29 is 4.39 Å². The average Bonchev–Trinajstić information content (AvgIpc) is 2.96. The molecule has 0 spiro atoms. The van der Waals surface area contributed by atoms with Gasteiger partial charge in [0.2, 0.25) is 0 Å². The van der Waals surface area contributed by atoms with Gasteiger partial charge >= 0.3 is 0 Å². The topological polar surface area (TPSA) is 0 Å². The Hall–Kier alpha value is -2.67. The molecule has 0 unspecified atom stereocenters. The monoisotopic (exact) mass is 286 g/mol. The van der Waals surface area contributed by atoms with E-state index in [0.717, 1.165) is 12.0 Å². The van der Waals surface area contributed by atoms with E-state index < -0.39 is 0 Å². The highest BCUT2D eigenvalue weighted by Gasteiger charge is 2.23. The summed E-state index contributed by atoms with van der Waals surface area (Å²) in [5.74, 6) is -0.193. The van der Waals surface area contributed by atoms with Crippen molar-refractivity contribution in [2.45, 2.75) is 6.42 Å². The zero-order valence-corrected chi connectivity index (χ0v) is 12.1. The van der Waals surface area contributed by atoms with Crippen LogP contribution in [0.5, 0.6) is 0 Å². The third-order valence-corrected chi connectivity index (χ3v) is 4.21. The molecular weight excluding hydrogens is 271 g/mol. The molecule has 1 aliphatic carbocycles. The molecule has 0 heterocycles. The van der Waals surface area contributed by atoms with Crippen molar-refractivity contribution >= 4 is 11.1 Å². The molecule has 0 saturated heterocycles. The highest BCUT2D eigenvalue weighted by Crippen LogP contribution is 2.41. The first-order valence-corrected chi connectivity index (χ1v) is 7.46. The molecule has 0 N–H and O–H groups in total. The van der Waals surface area contributed by atoms with Gasteiger partial charge < -0.3 is 0 Å². The molecule has 3 aromatic rings. The number of hydrogen-bond donors (Lipinski definition) is 0. The molecule has 0 radical (unpaired) electrons. The van der Waals surface area contributed by atoms with Crippen molar-refractivity contribution in [2.24, 2.45) is 0 Å². The van der Waals surface area contributed by atoms with Gasteiger partial charge in [0.1, 0.15) is 5.82 Å². The van der Waals surface area contributed by atoms with Gasteiger partial charge in [0, 0.05) is 0 Å². The third-order valence-electron chi connectivity index (χ3n) is 4.21. The maximum atomic E-state index is 13.2. The van der Waals surface area contributed by atoms with E-state index in [1.807, 2.05) is 18.2 Å². The van der Waals surface area contributed by atoms with Crippen LogP contribution in [-0.2, 0) is 6.42 Å². The molecule has 4 rings (SSSR count). The molecule has 0 fully saturated rings. The van der Waals surface area contributed by atoms with Crippen LogP contribution in [0, 0.1) is 5.82 Å². The normalized spacial score (nSPS) is 13.3. The molecule has 0 saturated carbocycles. The Kier molecular flexibility index (Phi) is 3.12. The second kappa shape index (κ2) is 5.27. The van der Waals surface area contributed by atoms with Gasteiger partial charge in [0.25, 0.3) is 0 Å². The lowest BCUT2D eigenvalue weighted by Crippen LogP contribution is -1.89. The highest BCUT2D eigenvalue weighted by molar-refractivity contribution is 6.03. The van der Waals surface area contributed by atoms with Crippen LogP contribution in [0.25, 0.3) is 11.1 Å². The van der Waals surface area contributed by atoms with Gasteiger partial charge in [0.05, 0.1) is 0 Å². The summed E-state index contributed by atoms with van der Waals surface area (Å²) in [5.41, 5.74) is 7.46. The Bertz CT molecular complexity index is 843. The summed E-state index contributed by atoms with van der Waals surface area (Å²) in [7, 11) is 0. The quantitative estimate of drug-likeness (QED) is 0.596. The number of hydrogen-bond acceptors (Lipinski definition) is 0. The molecule has 22 heavy (non-hydrogen) atoms. The minimum Gasteiger partial charge on any atom is -0.207 e. The fourth-order valence-corrected chi connectivity index (χ4v) is 3.19. The van der Waals surface area contributed by atoms with E-state index in [-0.39, 0.29) is 5.82 Å². The van der Waals surface area contributed by atoms with Crippen LogP contribution in [0.3, 0.4) is 0 Å². The van der Waals surface area contributed by atoms with Crippen LogP contribution in [0.4, 0.5) is 4.39 Å². The zero-order valence-electron chi connectivity index (χ0n) is 12.1. The van der Waals surface area contributed by atoms with Gasteiger partial charge in [-0.1, -0.05) is 66.7 Å². The van der Waals surface area contributed by atoms with E-state index in [1.54, 1.807) is 0 Å². The Morgan fingerprint density at radius 1 is 0.636 bits per heavy atom. The average molecular weight is 286 g/mol. The van der Waals surface area contributed by atoms with Crippen molar-refractivity contribution in [1.82, 2.24) is 0 Å². The molecule has 0 amide bonds. The van der Waals surface area contributed by atoms with E-state index in [9.17, 15) is 4.39 Å². The van der Waals surface area contributed by atoms with Crippen molar-refractivity contribution in [2.75, 3.05) is 0 Å². The molecule has 0 bridgehead atoms. The summed E-state index contributed by atoms with van der Waals surface area (Å²) in [4.78, 5) is 0. The summed E-state index contributed by atoms with van der Waals surface area (Å²) in [6, 6.07) is 25.8. The Labute approximate surface area is 129 Å². The van der Waals surface area contributed by atoms with E-state index >= 15 is 0 Å². The molecule has 0 aliphatic heterocycles. The van der Waals surface area contributed by atoms with Crippen LogP contribution in [-0.4, -0.2) is 0 Å². The fraction of sp³-hybridized carbons (Fsp3) is 0.0476. The summed E-state index contributed by atoms with van der Waals surface area (Å²) in [6.07, 6.45) is 0.895. The molecule has 0 atom stereocenters. The smallest absolute Gasteiger partial charge is 0.123 e. The van der Waals surface area contributed by atoms with Crippen LogP contribution in [0.1, 0.15) is 22.3 Å². The zero-order chi connectivity index (χ0) is 14.9. The molecule has 0 aromatic heterocycles. The Morgan fingerprint density at radius 2 is 1.32 bits per heavy atom. The van der Waals surface area contributed by atoms with E-state index in [2.05, 4.69) is 48.5 Å². The predicted molar refractivity (Wildman–Crippen MR) is 88.9 cm³/mol. The SMILES string of the molecule is Fc1ccc(C2=C(c3ccccc3)c3ccccc3C2)cc1. The van der Waals surface area contributed by atoms with E-state index in [0.29, 0.717) is 0 Å². The standard InChI is InChI=1S/C21H15F/c22-18-12-10-15(11-13-18)20-14-17-8-4-5-9-19(17)21(20)16-6-2-1-3-7-16/h1-13H,14H2. The van der Waals surface area contributed by atoms with Gasteiger partial charge in [-0.2, -0.15) is 0 Å². The van der Waals surface area contributed by atoms with Crippen LogP contribution in [0.2, 0.25) is 0 Å². The minimum absolute atomic E-state index is 0.193. The number of fused-ring (bicyclic) bond motifs is 1. The molecule has 0 nitrogen and oxygen atoms in total. The van der Waals surface area contributed by atoms with Gasteiger partial charge in [-0.05, 0) is 52.0 Å². The minimum atomic E-state index is -0.193. The summed E-state index contributed by atoms with van der Waals surface area (Å²) < 4.78 is 13.2. The van der Waals surface area contributed by atoms with E-state index in [4.69, 9.17) is 0 Å². The van der Waals surface area contributed by atoms with Gasteiger partial charge in [0.15, 0.2) is 0 Å². The maximum absolute atomic E-state index is 13.2. The van der Waals surface area contributed by atoms with Crippen LogP contribution >= 0.6 is 0 Å². The lowest BCUT2D eigenvalue weighted by Gasteiger charge is -2.09. The highest BCUT2D eigenvalue weighted by atomic mass is 19.1. The molecule has 1 heteroatoms. The Morgan fingerprint density at radius 3 is 2.09 bits per heavy atom. The van der Waals surface area contributed by atoms with Crippen molar-refractivity contribution in [3.8, 4) is 0 Å². The van der Waals surface area contributed by atoms with Crippen LogP contribution in [0.15, 0.2) is 78.9 Å². The van der Waals surface area contributed by atoms with Gasteiger partial charge in [-0.15, -0.1) is 0 Å². The number of halogens is 1. The third kappa shape index (κ3) is 2.15. The van der Waals surface area contributed by atoms with Crippen molar-refractivity contribution in [3.05, 3.63) is 107 Å². The first kappa shape index (κ1) is 13.0. The van der Waals surface area contributed by atoms with Gasteiger partial charge in [-0.3, -0.25) is 0 Å². The summed E-state index contributed by atoms with van der Waals surface area (Å²) >= 11 is 0. The Balaban J connectivity index is 1.95.